The second-order valence-corrected chi connectivity index (χ2v) is 5.82. The molecule has 4 heteroatoms. The van der Waals surface area contributed by atoms with Crippen molar-refractivity contribution in [1.82, 2.24) is 5.32 Å². The number of hydrogen-bond acceptors (Lipinski definition) is 2. The molecule has 0 spiro atoms. The second-order valence-electron chi connectivity index (χ2n) is 4.69. The van der Waals surface area contributed by atoms with Gasteiger partial charge in [-0.15, -0.1) is 11.3 Å². The molecule has 0 saturated heterocycles. The molecule has 1 N–H and O–H groups in total. The topological polar surface area (TPSA) is 29.1 Å². The summed E-state index contributed by atoms with van der Waals surface area (Å²) in [5, 5.41) is 2.78. The maximum Gasteiger partial charge on any atom is 0.261 e. The Bertz CT molecular complexity index is 599. The van der Waals surface area contributed by atoms with Crippen molar-refractivity contribution in [3.05, 3.63) is 57.0 Å². The first-order valence-electron chi connectivity index (χ1n) is 6.37. The molecule has 1 amide bonds. The summed E-state index contributed by atoms with van der Waals surface area (Å²) in [5.41, 5.74) is 1.82. The minimum atomic E-state index is -0.281. The monoisotopic (exact) mass is 275 g/mol. The standard InChI is InChI=1S/C15H14FNOS/c16-12-6-2-1-4-11(12)9-17-15(18)14-8-10-5-3-7-13(10)19-14/h1-2,4,6,8H,3,5,7,9H2,(H,17,18). The number of carbonyl (C=O) groups excluding carboxylic acids is 1. The van der Waals surface area contributed by atoms with E-state index in [2.05, 4.69) is 5.32 Å². The number of benzene rings is 1. The Morgan fingerprint density at radius 2 is 2.16 bits per heavy atom. The number of hydrogen-bond donors (Lipinski definition) is 1. The molecule has 1 aromatic carbocycles. The first kappa shape index (κ1) is 12.4. The molecule has 1 aromatic heterocycles. The van der Waals surface area contributed by atoms with Crippen LogP contribution >= 0.6 is 11.3 Å². The summed E-state index contributed by atoms with van der Waals surface area (Å²) in [6.07, 6.45) is 3.35. The third-order valence-electron chi connectivity index (χ3n) is 3.37. The molecule has 0 fully saturated rings. The van der Waals surface area contributed by atoms with Gasteiger partial charge in [0.15, 0.2) is 0 Å². The molecule has 2 aromatic rings. The van der Waals surface area contributed by atoms with Crippen molar-refractivity contribution < 1.29 is 9.18 Å². The van der Waals surface area contributed by atoms with Gasteiger partial charge in [0.25, 0.3) is 5.91 Å². The Hall–Kier alpha value is -1.68. The molecule has 19 heavy (non-hydrogen) atoms. The van der Waals surface area contributed by atoms with Gasteiger partial charge >= 0.3 is 0 Å². The fourth-order valence-electron chi connectivity index (χ4n) is 2.35. The van der Waals surface area contributed by atoms with Crippen molar-refractivity contribution in [2.75, 3.05) is 0 Å². The number of amides is 1. The van der Waals surface area contributed by atoms with Gasteiger partial charge in [0, 0.05) is 17.0 Å². The Balaban J connectivity index is 1.67. The van der Waals surface area contributed by atoms with Crippen LogP contribution in [-0.4, -0.2) is 5.91 Å². The highest BCUT2D eigenvalue weighted by Gasteiger charge is 2.18. The molecule has 0 atom stereocenters. The molecular formula is C15H14FNOS. The number of nitrogens with one attached hydrogen (secondary N) is 1. The number of halogens is 1. The van der Waals surface area contributed by atoms with Gasteiger partial charge in [-0.05, 0) is 37.0 Å². The lowest BCUT2D eigenvalue weighted by atomic mass is 10.2. The fraction of sp³-hybridized carbons (Fsp3) is 0.267. The molecule has 98 valence electrons. The molecule has 0 bridgehead atoms. The number of thiophene rings is 1. The highest BCUT2D eigenvalue weighted by atomic mass is 32.1. The van der Waals surface area contributed by atoms with Crippen LogP contribution in [0.25, 0.3) is 0 Å². The summed E-state index contributed by atoms with van der Waals surface area (Å²) >= 11 is 1.56. The molecule has 0 aliphatic heterocycles. The number of fused-ring (bicyclic) bond motifs is 1. The van der Waals surface area contributed by atoms with Crippen molar-refractivity contribution >= 4 is 17.2 Å². The van der Waals surface area contributed by atoms with Crippen LogP contribution in [-0.2, 0) is 19.4 Å². The van der Waals surface area contributed by atoms with E-state index in [4.69, 9.17) is 0 Å². The summed E-state index contributed by atoms with van der Waals surface area (Å²) in [5.74, 6) is -0.390. The second kappa shape index (κ2) is 5.13. The molecule has 1 aliphatic carbocycles. The molecule has 0 saturated carbocycles. The van der Waals surface area contributed by atoms with Crippen LogP contribution in [0.1, 0.15) is 32.1 Å². The van der Waals surface area contributed by atoms with Gasteiger partial charge in [-0.2, -0.15) is 0 Å². The van der Waals surface area contributed by atoms with Crippen molar-refractivity contribution in [3.63, 3.8) is 0 Å². The normalized spacial score (nSPS) is 13.3. The van der Waals surface area contributed by atoms with Crippen LogP contribution < -0.4 is 5.32 Å². The SMILES string of the molecule is O=C(NCc1ccccc1F)c1cc2c(s1)CCC2. The van der Waals surface area contributed by atoms with E-state index in [0.29, 0.717) is 5.56 Å². The molecule has 2 nitrogen and oxygen atoms in total. The predicted molar refractivity (Wildman–Crippen MR) is 73.9 cm³/mol. The average molecular weight is 275 g/mol. The smallest absolute Gasteiger partial charge is 0.261 e. The van der Waals surface area contributed by atoms with E-state index < -0.39 is 0 Å². The summed E-state index contributed by atoms with van der Waals surface area (Å²) in [6.45, 7) is 0.230. The quantitative estimate of drug-likeness (QED) is 0.915. The lowest BCUT2D eigenvalue weighted by molar-refractivity contribution is 0.0954. The van der Waals surface area contributed by atoms with Gasteiger partial charge in [0.1, 0.15) is 5.82 Å². The van der Waals surface area contributed by atoms with Crippen LogP contribution in [0.5, 0.6) is 0 Å². The van der Waals surface area contributed by atoms with Gasteiger partial charge in [-0.1, -0.05) is 18.2 Å². The predicted octanol–water partition coefficient (Wildman–Crippen LogP) is 3.31. The lowest BCUT2D eigenvalue weighted by Crippen LogP contribution is -2.22. The van der Waals surface area contributed by atoms with Crippen LogP contribution in [0.2, 0.25) is 0 Å². The maximum atomic E-state index is 13.4. The van der Waals surface area contributed by atoms with Gasteiger partial charge in [0.2, 0.25) is 0 Å². The summed E-state index contributed by atoms with van der Waals surface area (Å²) in [6, 6.07) is 8.48. The van der Waals surface area contributed by atoms with E-state index in [0.717, 1.165) is 17.7 Å². The first-order chi connectivity index (χ1) is 9.24. The molecule has 1 heterocycles. The lowest BCUT2D eigenvalue weighted by Gasteiger charge is -2.04. The highest BCUT2D eigenvalue weighted by molar-refractivity contribution is 7.14. The zero-order valence-electron chi connectivity index (χ0n) is 10.4. The Morgan fingerprint density at radius 1 is 1.32 bits per heavy atom. The van der Waals surface area contributed by atoms with Crippen molar-refractivity contribution in [3.8, 4) is 0 Å². The minimum absolute atomic E-state index is 0.109. The summed E-state index contributed by atoms with van der Waals surface area (Å²) < 4.78 is 13.4. The van der Waals surface area contributed by atoms with Crippen LogP contribution in [0.3, 0.4) is 0 Å². The summed E-state index contributed by atoms with van der Waals surface area (Å²) in [4.78, 5) is 14.1. The van der Waals surface area contributed by atoms with E-state index in [1.54, 1.807) is 29.5 Å². The zero-order chi connectivity index (χ0) is 13.2. The Kier molecular flexibility index (Phi) is 3.34. The van der Waals surface area contributed by atoms with Gasteiger partial charge in [-0.3, -0.25) is 4.79 Å². The zero-order valence-corrected chi connectivity index (χ0v) is 11.2. The molecule has 0 radical (unpaired) electrons. The number of rotatable bonds is 3. The Morgan fingerprint density at radius 3 is 2.95 bits per heavy atom. The summed E-state index contributed by atoms with van der Waals surface area (Å²) in [7, 11) is 0. The van der Waals surface area contributed by atoms with E-state index in [-0.39, 0.29) is 18.3 Å². The van der Waals surface area contributed by atoms with Crippen molar-refractivity contribution in [2.45, 2.75) is 25.8 Å². The van der Waals surface area contributed by atoms with E-state index in [1.807, 2.05) is 6.07 Å². The minimum Gasteiger partial charge on any atom is -0.347 e. The molecule has 3 rings (SSSR count). The number of aryl methyl sites for hydroxylation is 2. The van der Waals surface area contributed by atoms with E-state index in [9.17, 15) is 9.18 Å². The van der Waals surface area contributed by atoms with Crippen molar-refractivity contribution in [2.24, 2.45) is 0 Å². The third kappa shape index (κ3) is 2.54. The largest absolute Gasteiger partial charge is 0.347 e. The maximum absolute atomic E-state index is 13.4. The van der Waals surface area contributed by atoms with E-state index >= 15 is 0 Å². The molecule has 1 aliphatic rings. The van der Waals surface area contributed by atoms with Crippen LogP contribution in [0, 0.1) is 5.82 Å². The van der Waals surface area contributed by atoms with Crippen LogP contribution in [0.15, 0.2) is 30.3 Å². The van der Waals surface area contributed by atoms with Gasteiger partial charge in [0.05, 0.1) is 4.88 Å². The third-order valence-corrected chi connectivity index (χ3v) is 4.60. The molecule has 0 unspecified atom stereocenters. The van der Waals surface area contributed by atoms with E-state index in [1.165, 1.54) is 22.9 Å². The van der Waals surface area contributed by atoms with Crippen molar-refractivity contribution in [1.29, 1.82) is 0 Å². The Labute approximate surface area is 115 Å². The molecular weight excluding hydrogens is 261 g/mol. The van der Waals surface area contributed by atoms with Gasteiger partial charge in [-0.25, -0.2) is 4.39 Å². The van der Waals surface area contributed by atoms with Gasteiger partial charge < -0.3 is 5.32 Å². The average Bonchev–Trinajstić information content (AvgIpc) is 2.98. The first-order valence-corrected chi connectivity index (χ1v) is 7.19. The highest BCUT2D eigenvalue weighted by Crippen LogP contribution is 2.30. The fourth-order valence-corrected chi connectivity index (χ4v) is 3.52. The number of carbonyl (C=O) groups is 1. The van der Waals surface area contributed by atoms with Crippen LogP contribution in [0.4, 0.5) is 4.39 Å².